The molecule has 1 aliphatic carbocycles. The molecule has 0 amide bonds. The van der Waals surface area contributed by atoms with Gasteiger partial charge >= 0.3 is 0 Å². The molecular formula is C16H26N2O. The average Bonchev–Trinajstić information content (AvgIpc) is 3.28. The van der Waals surface area contributed by atoms with E-state index < -0.39 is 0 Å². The standard InChI is InChI=1S/C16H26N2O/c1-3-13-4-6-14(7-5-13)16(17)12-18(10-11-19-2)15-8-9-15/h4-7,15-16H,3,8-12,17H2,1-2H3. The Labute approximate surface area is 116 Å². The Hall–Kier alpha value is -0.900. The van der Waals surface area contributed by atoms with E-state index >= 15 is 0 Å². The van der Waals surface area contributed by atoms with Crippen molar-refractivity contribution in [3.63, 3.8) is 0 Å². The molecule has 3 nitrogen and oxygen atoms in total. The molecule has 0 spiro atoms. The highest BCUT2D eigenvalue weighted by molar-refractivity contribution is 5.25. The summed E-state index contributed by atoms with van der Waals surface area (Å²) in [5.74, 6) is 0. The molecule has 2 rings (SSSR count). The molecule has 1 atom stereocenters. The zero-order chi connectivity index (χ0) is 13.7. The smallest absolute Gasteiger partial charge is 0.0589 e. The Morgan fingerprint density at radius 3 is 2.53 bits per heavy atom. The molecule has 0 radical (unpaired) electrons. The van der Waals surface area contributed by atoms with E-state index in [9.17, 15) is 0 Å². The molecule has 0 aromatic heterocycles. The second-order valence-corrected chi connectivity index (χ2v) is 5.42. The van der Waals surface area contributed by atoms with Gasteiger partial charge in [0.2, 0.25) is 0 Å². The van der Waals surface area contributed by atoms with Gasteiger partial charge in [-0.1, -0.05) is 31.2 Å². The lowest BCUT2D eigenvalue weighted by Crippen LogP contribution is -2.36. The van der Waals surface area contributed by atoms with Crippen LogP contribution in [0.5, 0.6) is 0 Å². The molecule has 3 heteroatoms. The Morgan fingerprint density at radius 1 is 1.32 bits per heavy atom. The second kappa shape index (κ2) is 7.04. The number of ether oxygens (including phenoxy) is 1. The van der Waals surface area contributed by atoms with Crippen LogP contribution in [0, 0.1) is 0 Å². The normalized spacial score (nSPS) is 16.8. The van der Waals surface area contributed by atoms with Gasteiger partial charge < -0.3 is 10.5 Å². The minimum absolute atomic E-state index is 0.100. The Bertz CT molecular complexity index is 373. The quantitative estimate of drug-likeness (QED) is 0.781. The summed E-state index contributed by atoms with van der Waals surface area (Å²) >= 11 is 0. The first-order valence-corrected chi connectivity index (χ1v) is 7.32. The van der Waals surface area contributed by atoms with E-state index in [0.717, 1.165) is 32.2 Å². The minimum Gasteiger partial charge on any atom is -0.383 e. The van der Waals surface area contributed by atoms with Crippen LogP contribution in [0.15, 0.2) is 24.3 Å². The van der Waals surface area contributed by atoms with E-state index in [1.165, 1.54) is 24.0 Å². The van der Waals surface area contributed by atoms with Gasteiger partial charge in [0, 0.05) is 32.3 Å². The monoisotopic (exact) mass is 262 g/mol. The number of hydrogen-bond donors (Lipinski definition) is 1. The van der Waals surface area contributed by atoms with Crippen LogP contribution in [0.2, 0.25) is 0 Å². The summed E-state index contributed by atoms with van der Waals surface area (Å²) in [6, 6.07) is 9.55. The van der Waals surface area contributed by atoms with Gasteiger partial charge in [-0.3, -0.25) is 4.90 Å². The van der Waals surface area contributed by atoms with Crippen LogP contribution in [0.25, 0.3) is 0 Å². The minimum atomic E-state index is 0.100. The van der Waals surface area contributed by atoms with Crippen molar-refractivity contribution in [2.75, 3.05) is 26.8 Å². The summed E-state index contributed by atoms with van der Waals surface area (Å²) in [6.07, 6.45) is 3.70. The first kappa shape index (κ1) is 14.5. The lowest BCUT2D eigenvalue weighted by molar-refractivity contribution is 0.139. The van der Waals surface area contributed by atoms with E-state index in [0.29, 0.717) is 0 Å². The van der Waals surface area contributed by atoms with Crippen LogP contribution in [0.4, 0.5) is 0 Å². The molecule has 0 saturated heterocycles. The molecule has 1 unspecified atom stereocenters. The fraction of sp³-hybridized carbons (Fsp3) is 0.625. The van der Waals surface area contributed by atoms with E-state index in [1.807, 2.05) is 0 Å². The highest BCUT2D eigenvalue weighted by Gasteiger charge is 2.29. The van der Waals surface area contributed by atoms with E-state index in [4.69, 9.17) is 10.5 Å². The third-order valence-electron chi connectivity index (χ3n) is 3.89. The SMILES string of the molecule is CCc1ccc(C(N)CN(CCOC)C2CC2)cc1. The number of nitrogens with two attached hydrogens (primary N) is 1. The lowest BCUT2D eigenvalue weighted by atomic mass is 10.0. The van der Waals surface area contributed by atoms with Gasteiger partial charge in [-0.05, 0) is 30.4 Å². The topological polar surface area (TPSA) is 38.5 Å². The Kier molecular flexibility index (Phi) is 5.37. The molecule has 106 valence electrons. The van der Waals surface area contributed by atoms with Crippen LogP contribution >= 0.6 is 0 Å². The lowest BCUT2D eigenvalue weighted by Gasteiger charge is -2.25. The number of aryl methyl sites for hydroxylation is 1. The maximum absolute atomic E-state index is 6.34. The Balaban J connectivity index is 1.91. The third-order valence-corrected chi connectivity index (χ3v) is 3.89. The van der Waals surface area contributed by atoms with Gasteiger partial charge in [0.05, 0.1) is 6.61 Å². The first-order valence-electron chi connectivity index (χ1n) is 7.32. The molecule has 1 saturated carbocycles. The van der Waals surface area contributed by atoms with Crippen molar-refractivity contribution in [1.29, 1.82) is 0 Å². The van der Waals surface area contributed by atoms with Crippen LogP contribution in [-0.4, -0.2) is 37.7 Å². The molecule has 0 heterocycles. The summed E-state index contributed by atoms with van der Waals surface area (Å²) in [5.41, 5.74) is 8.95. The summed E-state index contributed by atoms with van der Waals surface area (Å²) in [6.45, 7) is 4.88. The Morgan fingerprint density at radius 2 is 2.00 bits per heavy atom. The second-order valence-electron chi connectivity index (χ2n) is 5.42. The summed E-state index contributed by atoms with van der Waals surface area (Å²) in [4.78, 5) is 2.47. The first-order chi connectivity index (χ1) is 9.24. The van der Waals surface area contributed by atoms with Crippen molar-refractivity contribution < 1.29 is 4.74 Å². The molecule has 1 aromatic rings. The van der Waals surface area contributed by atoms with Crippen LogP contribution < -0.4 is 5.73 Å². The molecular weight excluding hydrogens is 236 g/mol. The van der Waals surface area contributed by atoms with Crippen molar-refractivity contribution in [3.05, 3.63) is 35.4 Å². The van der Waals surface area contributed by atoms with Crippen molar-refractivity contribution >= 4 is 0 Å². The van der Waals surface area contributed by atoms with E-state index in [-0.39, 0.29) is 6.04 Å². The number of nitrogens with zero attached hydrogens (tertiary/aromatic N) is 1. The van der Waals surface area contributed by atoms with E-state index in [2.05, 4.69) is 36.1 Å². The molecule has 1 aromatic carbocycles. The largest absolute Gasteiger partial charge is 0.383 e. The van der Waals surface area contributed by atoms with Gasteiger partial charge in [0.1, 0.15) is 0 Å². The average molecular weight is 262 g/mol. The maximum atomic E-state index is 6.34. The number of hydrogen-bond acceptors (Lipinski definition) is 3. The highest BCUT2D eigenvalue weighted by atomic mass is 16.5. The number of rotatable bonds is 8. The molecule has 19 heavy (non-hydrogen) atoms. The van der Waals surface area contributed by atoms with Gasteiger partial charge in [0.25, 0.3) is 0 Å². The zero-order valence-corrected chi connectivity index (χ0v) is 12.1. The van der Waals surface area contributed by atoms with Crippen molar-refractivity contribution in [1.82, 2.24) is 4.90 Å². The molecule has 0 aliphatic heterocycles. The van der Waals surface area contributed by atoms with Crippen molar-refractivity contribution in [3.8, 4) is 0 Å². The number of methoxy groups -OCH3 is 1. The predicted octanol–water partition coefficient (Wildman–Crippen LogP) is 2.36. The van der Waals surface area contributed by atoms with Crippen molar-refractivity contribution in [2.24, 2.45) is 5.73 Å². The molecule has 1 fully saturated rings. The molecule has 0 bridgehead atoms. The van der Waals surface area contributed by atoms with Gasteiger partial charge in [-0.2, -0.15) is 0 Å². The van der Waals surface area contributed by atoms with Crippen molar-refractivity contribution in [2.45, 2.75) is 38.3 Å². The third kappa shape index (κ3) is 4.30. The summed E-state index contributed by atoms with van der Waals surface area (Å²) in [7, 11) is 1.76. The highest BCUT2D eigenvalue weighted by Crippen LogP contribution is 2.28. The number of benzene rings is 1. The van der Waals surface area contributed by atoms with E-state index in [1.54, 1.807) is 7.11 Å². The maximum Gasteiger partial charge on any atom is 0.0589 e. The summed E-state index contributed by atoms with van der Waals surface area (Å²) < 4.78 is 5.19. The zero-order valence-electron chi connectivity index (χ0n) is 12.1. The molecule has 1 aliphatic rings. The summed E-state index contributed by atoms with van der Waals surface area (Å²) in [5, 5.41) is 0. The molecule has 2 N–H and O–H groups in total. The fourth-order valence-electron chi connectivity index (χ4n) is 2.43. The van der Waals surface area contributed by atoms with Crippen LogP contribution in [-0.2, 0) is 11.2 Å². The van der Waals surface area contributed by atoms with Gasteiger partial charge in [0.15, 0.2) is 0 Å². The predicted molar refractivity (Wildman–Crippen MR) is 79.2 cm³/mol. The van der Waals surface area contributed by atoms with Crippen LogP contribution in [0.3, 0.4) is 0 Å². The van der Waals surface area contributed by atoms with Crippen LogP contribution in [0.1, 0.15) is 36.9 Å². The van der Waals surface area contributed by atoms with Gasteiger partial charge in [-0.25, -0.2) is 0 Å². The van der Waals surface area contributed by atoms with Gasteiger partial charge in [-0.15, -0.1) is 0 Å². The fourth-order valence-corrected chi connectivity index (χ4v) is 2.43.